The molecule has 0 atom stereocenters. The van der Waals surface area contributed by atoms with E-state index in [-0.39, 0.29) is 0 Å². The van der Waals surface area contributed by atoms with E-state index in [1.807, 2.05) is 56.8 Å². The Morgan fingerprint density at radius 3 is 1.56 bits per heavy atom. The predicted molar refractivity (Wildman–Crippen MR) is 149 cm³/mol. The van der Waals surface area contributed by atoms with Gasteiger partial charge in [0.05, 0.1) is 11.3 Å². The van der Waals surface area contributed by atoms with E-state index in [4.69, 9.17) is 21.3 Å². The number of fused-ring (bicyclic) bond motifs is 4. The van der Waals surface area contributed by atoms with Crippen LogP contribution in [0.25, 0.3) is 22.3 Å². The molecule has 0 fully saturated rings. The van der Waals surface area contributed by atoms with E-state index >= 15 is 0 Å². The van der Waals surface area contributed by atoms with Crippen LogP contribution in [0.2, 0.25) is 0 Å². The second-order valence-electron chi connectivity index (χ2n) is 9.28. The van der Waals surface area contributed by atoms with Crippen molar-refractivity contribution in [2.75, 3.05) is 0 Å². The average Bonchev–Trinajstić information content (AvgIpc) is 2.88. The van der Waals surface area contributed by atoms with Gasteiger partial charge >= 0.3 is 0 Å². The van der Waals surface area contributed by atoms with E-state index in [0.717, 1.165) is 72.3 Å². The molecule has 3 aromatic carbocycles. The average molecular weight is 505 g/mol. The molecule has 0 bridgehead atoms. The lowest BCUT2D eigenvalue weighted by atomic mass is 10.1. The number of nitrogens with zero attached hydrogens (tertiary/aromatic N) is 2. The number of pyridine rings is 2. The van der Waals surface area contributed by atoms with E-state index in [1.54, 1.807) is 0 Å². The predicted octanol–water partition coefficient (Wildman–Crippen LogP) is 6.39. The summed E-state index contributed by atoms with van der Waals surface area (Å²) in [7, 11) is 0. The molecule has 4 heterocycles. The van der Waals surface area contributed by atoms with Crippen molar-refractivity contribution in [3.8, 4) is 45.3 Å². The standard InChI is InChI=1S/C30H21N2O2PS/c1-18-10-22(16-31-14-18)20-6-8-28-26(12-20)33-24-4-3-5-25-30(24)35(28,36)29-9-7-21(13-27(29)34-25)23-11-19(2)15-32-17-23/h3-17H,1-2H3. The van der Waals surface area contributed by atoms with Crippen LogP contribution in [-0.2, 0) is 11.8 Å². The van der Waals surface area contributed by atoms with Crippen LogP contribution >= 0.6 is 6.04 Å². The number of aromatic nitrogens is 2. The molecule has 5 aromatic rings. The van der Waals surface area contributed by atoms with Crippen molar-refractivity contribution in [3.05, 3.63) is 103 Å². The summed E-state index contributed by atoms with van der Waals surface area (Å²) in [5, 5.41) is 3.10. The molecule has 7 rings (SSSR count). The number of aryl methyl sites for hydroxylation is 2. The maximum atomic E-state index is 6.65. The molecule has 36 heavy (non-hydrogen) atoms. The first-order valence-electron chi connectivity index (χ1n) is 11.7. The van der Waals surface area contributed by atoms with Gasteiger partial charge in [-0.1, -0.05) is 30.0 Å². The summed E-state index contributed by atoms with van der Waals surface area (Å²) in [6, 6.07) is 20.5. The van der Waals surface area contributed by atoms with Crippen molar-refractivity contribution < 1.29 is 9.47 Å². The summed E-state index contributed by atoms with van der Waals surface area (Å²) in [5.41, 5.74) is 6.46. The van der Waals surface area contributed by atoms with Crippen LogP contribution in [-0.4, -0.2) is 9.97 Å². The number of hydrogen-bond donors (Lipinski definition) is 0. The van der Waals surface area contributed by atoms with E-state index in [9.17, 15) is 0 Å². The zero-order chi connectivity index (χ0) is 24.4. The van der Waals surface area contributed by atoms with Crippen molar-refractivity contribution in [1.29, 1.82) is 0 Å². The lowest BCUT2D eigenvalue weighted by Gasteiger charge is -2.37. The fourth-order valence-electron chi connectivity index (χ4n) is 5.08. The highest BCUT2D eigenvalue weighted by molar-refractivity contribution is 8.26. The number of benzene rings is 3. The molecular formula is C30H21N2O2PS. The Balaban J connectivity index is 1.43. The van der Waals surface area contributed by atoms with Gasteiger partial charge in [-0.3, -0.25) is 9.97 Å². The van der Waals surface area contributed by atoms with Crippen LogP contribution < -0.4 is 25.4 Å². The molecule has 4 nitrogen and oxygen atoms in total. The van der Waals surface area contributed by atoms with Crippen molar-refractivity contribution >= 4 is 33.8 Å². The Morgan fingerprint density at radius 1 is 0.583 bits per heavy atom. The number of ether oxygens (including phenoxy) is 2. The molecule has 174 valence electrons. The summed E-state index contributed by atoms with van der Waals surface area (Å²) in [5.74, 6) is 3.17. The van der Waals surface area contributed by atoms with E-state index in [2.05, 4.69) is 58.5 Å². The minimum Gasteiger partial charge on any atom is -0.456 e. The maximum absolute atomic E-state index is 6.65. The van der Waals surface area contributed by atoms with Gasteiger partial charge < -0.3 is 9.47 Å². The van der Waals surface area contributed by atoms with Gasteiger partial charge in [0, 0.05) is 46.5 Å². The molecule has 0 saturated carbocycles. The minimum absolute atomic E-state index is 0.778. The van der Waals surface area contributed by atoms with Crippen LogP contribution in [0.5, 0.6) is 23.0 Å². The van der Waals surface area contributed by atoms with Crippen LogP contribution in [0, 0.1) is 13.8 Å². The topological polar surface area (TPSA) is 44.2 Å². The highest BCUT2D eigenvalue weighted by atomic mass is 32.4. The first kappa shape index (κ1) is 21.5. The first-order valence-corrected chi connectivity index (χ1v) is 14.5. The Morgan fingerprint density at radius 2 is 1.08 bits per heavy atom. The molecule has 0 aliphatic carbocycles. The Kier molecular flexibility index (Phi) is 4.69. The quantitative estimate of drug-likeness (QED) is 0.255. The zero-order valence-electron chi connectivity index (χ0n) is 19.7. The SMILES string of the molecule is Cc1cncc(-c2ccc3c(c2)Oc2cccc4c2P3(=S)c2ccc(-c3cncc(C)c3)cc2O4)c1. The Labute approximate surface area is 214 Å². The Hall–Kier alpha value is -3.79. The van der Waals surface area contributed by atoms with Crippen molar-refractivity contribution in [1.82, 2.24) is 9.97 Å². The Bertz CT molecular complexity index is 1640. The summed E-state index contributed by atoms with van der Waals surface area (Å²) >= 11 is 6.65. The van der Waals surface area contributed by atoms with Crippen molar-refractivity contribution in [3.63, 3.8) is 0 Å². The second kappa shape index (κ2) is 7.86. The van der Waals surface area contributed by atoms with E-state index in [1.165, 1.54) is 0 Å². The lowest BCUT2D eigenvalue weighted by molar-refractivity contribution is 0.466. The molecule has 2 aliphatic rings. The molecule has 0 N–H and O–H groups in total. The van der Waals surface area contributed by atoms with Gasteiger partial charge in [-0.25, -0.2) is 0 Å². The third kappa shape index (κ3) is 3.17. The molecule has 2 aromatic heterocycles. The van der Waals surface area contributed by atoms with Gasteiger partial charge in [-0.2, -0.15) is 0 Å². The highest BCUT2D eigenvalue weighted by Crippen LogP contribution is 2.59. The molecular weight excluding hydrogens is 483 g/mol. The van der Waals surface area contributed by atoms with Crippen LogP contribution in [0.1, 0.15) is 11.1 Å². The summed E-state index contributed by atoms with van der Waals surface area (Å²) in [6.07, 6.45) is 7.49. The molecule has 0 unspecified atom stereocenters. The maximum Gasteiger partial charge on any atom is 0.140 e. The van der Waals surface area contributed by atoms with Crippen LogP contribution in [0.15, 0.2) is 91.5 Å². The lowest BCUT2D eigenvalue weighted by Crippen LogP contribution is -2.34. The van der Waals surface area contributed by atoms with Gasteiger partial charge in [-0.05, 0) is 84.6 Å². The van der Waals surface area contributed by atoms with Crippen molar-refractivity contribution in [2.24, 2.45) is 0 Å². The van der Waals surface area contributed by atoms with Gasteiger partial charge in [0.15, 0.2) is 0 Å². The molecule has 0 spiro atoms. The summed E-state index contributed by atoms with van der Waals surface area (Å²) in [4.78, 5) is 8.73. The third-order valence-electron chi connectivity index (χ3n) is 6.73. The summed E-state index contributed by atoms with van der Waals surface area (Å²) in [6.45, 7) is 4.10. The molecule has 0 amide bonds. The van der Waals surface area contributed by atoms with Gasteiger partial charge in [-0.15, -0.1) is 0 Å². The van der Waals surface area contributed by atoms with Gasteiger partial charge in [0.25, 0.3) is 0 Å². The van der Waals surface area contributed by atoms with Crippen molar-refractivity contribution in [2.45, 2.75) is 13.8 Å². The normalized spacial score (nSPS) is 14.1. The van der Waals surface area contributed by atoms with Crippen LogP contribution in [0.3, 0.4) is 0 Å². The monoisotopic (exact) mass is 504 g/mol. The van der Waals surface area contributed by atoms with Gasteiger partial charge in [0.2, 0.25) is 0 Å². The minimum atomic E-state index is -2.40. The number of rotatable bonds is 2. The molecule has 0 saturated heterocycles. The fraction of sp³-hybridized carbons (Fsp3) is 0.0667. The molecule has 2 aliphatic heterocycles. The molecule has 0 radical (unpaired) electrons. The second-order valence-corrected chi connectivity index (χ2v) is 13.6. The molecule has 6 heteroatoms. The summed E-state index contributed by atoms with van der Waals surface area (Å²) < 4.78 is 12.9. The first-order chi connectivity index (χ1) is 17.5. The third-order valence-corrected chi connectivity index (χ3v) is 11.6. The largest absolute Gasteiger partial charge is 0.456 e. The number of hydrogen-bond acceptors (Lipinski definition) is 5. The van der Waals surface area contributed by atoms with E-state index < -0.39 is 6.04 Å². The van der Waals surface area contributed by atoms with Crippen LogP contribution in [0.4, 0.5) is 0 Å². The zero-order valence-corrected chi connectivity index (χ0v) is 21.4. The van der Waals surface area contributed by atoms with E-state index in [0.29, 0.717) is 0 Å². The smallest absolute Gasteiger partial charge is 0.140 e. The van der Waals surface area contributed by atoms with Gasteiger partial charge in [0.1, 0.15) is 23.0 Å². The highest BCUT2D eigenvalue weighted by Gasteiger charge is 2.42. The fourth-order valence-corrected chi connectivity index (χ4v) is 9.54.